The number of nitrogens with zero attached hydrogens (tertiary/aromatic N) is 2. The molecule has 0 N–H and O–H groups in total. The standard InChI is InChI=1S/C27H27FN2O6/c1-32-22-11-8-17(12-23(22)33-2)20-15-21(16-6-9-19(28)10-7-16)30(29-20)27(31)18-13-24(34-3)26(36-5)25(14-18)35-4/h6-14,21H,15H2,1-5H3/t21-/m1/s1. The molecule has 3 aromatic rings. The Bertz CT molecular complexity index is 1270. The normalized spacial score (nSPS) is 14.8. The van der Waals surface area contributed by atoms with Crippen LogP contribution in [0.1, 0.15) is 33.9 Å². The first kappa shape index (κ1) is 24.8. The number of amides is 1. The van der Waals surface area contributed by atoms with Gasteiger partial charge in [0.15, 0.2) is 23.0 Å². The number of ether oxygens (including phenoxy) is 5. The van der Waals surface area contributed by atoms with Crippen LogP contribution in [0, 0.1) is 5.82 Å². The topological polar surface area (TPSA) is 78.8 Å². The summed E-state index contributed by atoms with van der Waals surface area (Å²) in [5.41, 5.74) is 2.50. The second-order valence-electron chi connectivity index (χ2n) is 7.95. The third-order valence-corrected chi connectivity index (χ3v) is 6.00. The zero-order valence-corrected chi connectivity index (χ0v) is 20.7. The van der Waals surface area contributed by atoms with Crippen molar-refractivity contribution < 1.29 is 32.9 Å². The van der Waals surface area contributed by atoms with E-state index in [-0.39, 0.29) is 11.7 Å². The molecule has 1 amide bonds. The minimum Gasteiger partial charge on any atom is -0.493 e. The lowest BCUT2D eigenvalue weighted by Gasteiger charge is -2.23. The van der Waals surface area contributed by atoms with Crippen LogP contribution in [0.25, 0.3) is 0 Å². The molecule has 0 aromatic heterocycles. The smallest absolute Gasteiger partial charge is 0.274 e. The Morgan fingerprint density at radius 3 is 1.97 bits per heavy atom. The van der Waals surface area contributed by atoms with E-state index in [1.54, 1.807) is 44.6 Å². The van der Waals surface area contributed by atoms with Crippen LogP contribution in [-0.4, -0.2) is 52.2 Å². The Morgan fingerprint density at radius 1 is 0.806 bits per heavy atom. The predicted octanol–water partition coefficient (Wildman–Crippen LogP) is 4.86. The van der Waals surface area contributed by atoms with Crippen molar-refractivity contribution in [1.82, 2.24) is 5.01 Å². The SMILES string of the molecule is COc1ccc(C2=NN(C(=O)c3cc(OC)c(OC)c(OC)c3)[C@@H](c3ccc(F)cc3)C2)cc1OC. The van der Waals surface area contributed by atoms with Crippen molar-refractivity contribution in [3.05, 3.63) is 77.1 Å². The van der Waals surface area contributed by atoms with Crippen molar-refractivity contribution in [3.63, 3.8) is 0 Å². The summed E-state index contributed by atoms with van der Waals surface area (Å²) in [6.07, 6.45) is 0.414. The summed E-state index contributed by atoms with van der Waals surface area (Å²) in [5, 5.41) is 6.10. The van der Waals surface area contributed by atoms with Crippen LogP contribution in [0.3, 0.4) is 0 Å². The Kier molecular flexibility index (Phi) is 7.28. The van der Waals surface area contributed by atoms with Gasteiger partial charge in [-0.2, -0.15) is 5.10 Å². The fraction of sp³-hybridized carbons (Fsp3) is 0.259. The number of rotatable bonds is 8. The maximum Gasteiger partial charge on any atom is 0.274 e. The highest BCUT2D eigenvalue weighted by Gasteiger charge is 2.35. The number of carbonyl (C=O) groups excluding carboxylic acids is 1. The third-order valence-electron chi connectivity index (χ3n) is 6.00. The van der Waals surface area contributed by atoms with Crippen molar-refractivity contribution in [2.24, 2.45) is 5.10 Å². The van der Waals surface area contributed by atoms with Gasteiger partial charge in [-0.05, 0) is 48.0 Å². The molecular formula is C27H27FN2O6. The molecular weight excluding hydrogens is 467 g/mol. The van der Waals surface area contributed by atoms with Crippen molar-refractivity contribution in [3.8, 4) is 28.7 Å². The van der Waals surface area contributed by atoms with Crippen molar-refractivity contribution >= 4 is 11.6 Å². The van der Waals surface area contributed by atoms with Gasteiger partial charge in [0.05, 0.1) is 47.3 Å². The van der Waals surface area contributed by atoms with E-state index in [4.69, 9.17) is 28.8 Å². The molecule has 8 nitrogen and oxygen atoms in total. The van der Waals surface area contributed by atoms with Gasteiger partial charge in [0.2, 0.25) is 5.75 Å². The van der Waals surface area contributed by atoms with Crippen LogP contribution in [0.15, 0.2) is 59.7 Å². The molecule has 36 heavy (non-hydrogen) atoms. The van der Waals surface area contributed by atoms with Crippen LogP contribution < -0.4 is 23.7 Å². The molecule has 0 spiro atoms. The number of methoxy groups -OCH3 is 5. The van der Waals surface area contributed by atoms with Crippen molar-refractivity contribution in [2.75, 3.05) is 35.5 Å². The monoisotopic (exact) mass is 494 g/mol. The van der Waals surface area contributed by atoms with E-state index < -0.39 is 6.04 Å². The molecule has 3 aromatic carbocycles. The first-order valence-corrected chi connectivity index (χ1v) is 11.1. The second kappa shape index (κ2) is 10.6. The highest BCUT2D eigenvalue weighted by atomic mass is 19.1. The van der Waals surface area contributed by atoms with E-state index in [0.29, 0.717) is 46.4 Å². The predicted molar refractivity (Wildman–Crippen MR) is 132 cm³/mol. The number of hydrogen-bond acceptors (Lipinski definition) is 7. The highest BCUT2D eigenvalue weighted by molar-refractivity contribution is 6.05. The van der Waals surface area contributed by atoms with Gasteiger partial charge in [-0.3, -0.25) is 4.79 Å². The van der Waals surface area contributed by atoms with E-state index in [1.165, 1.54) is 38.5 Å². The maximum absolute atomic E-state index is 13.8. The molecule has 0 fully saturated rings. The second-order valence-corrected chi connectivity index (χ2v) is 7.95. The Labute approximate surface area is 208 Å². The van der Waals surface area contributed by atoms with Crippen molar-refractivity contribution in [2.45, 2.75) is 12.5 Å². The summed E-state index contributed by atoms with van der Waals surface area (Å²) >= 11 is 0. The quantitative estimate of drug-likeness (QED) is 0.445. The minimum absolute atomic E-state index is 0.300. The lowest BCUT2D eigenvalue weighted by molar-refractivity contribution is 0.0710. The molecule has 1 atom stereocenters. The van der Waals surface area contributed by atoms with Gasteiger partial charge < -0.3 is 23.7 Å². The van der Waals surface area contributed by atoms with E-state index in [1.807, 2.05) is 12.1 Å². The van der Waals surface area contributed by atoms with Crippen LogP contribution in [-0.2, 0) is 0 Å². The molecule has 0 radical (unpaired) electrons. The first-order chi connectivity index (χ1) is 17.4. The number of hydrazone groups is 1. The molecule has 1 heterocycles. The van der Waals surface area contributed by atoms with Gasteiger partial charge in [0.25, 0.3) is 5.91 Å². The van der Waals surface area contributed by atoms with Crippen LogP contribution in [0.4, 0.5) is 4.39 Å². The number of benzene rings is 3. The summed E-state index contributed by atoms with van der Waals surface area (Å²) in [6, 6.07) is 14.2. The van der Waals surface area contributed by atoms with E-state index in [9.17, 15) is 9.18 Å². The molecule has 188 valence electrons. The fourth-order valence-electron chi connectivity index (χ4n) is 4.17. The van der Waals surface area contributed by atoms with Gasteiger partial charge in [0, 0.05) is 17.5 Å². The van der Waals surface area contributed by atoms with Crippen LogP contribution >= 0.6 is 0 Å². The number of hydrogen-bond donors (Lipinski definition) is 0. The summed E-state index contributed by atoms with van der Waals surface area (Å²) in [7, 11) is 7.57. The zero-order valence-electron chi connectivity index (χ0n) is 20.7. The Balaban J connectivity index is 1.79. The fourth-order valence-corrected chi connectivity index (χ4v) is 4.17. The maximum atomic E-state index is 13.8. The Morgan fingerprint density at radius 2 is 1.42 bits per heavy atom. The first-order valence-electron chi connectivity index (χ1n) is 11.1. The summed E-state index contributed by atoms with van der Waals surface area (Å²) in [6.45, 7) is 0. The van der Waals surface area contributed by atoms with Gasteiger partial charge >= 0.3 is 0 Å². The molecule has 0 unspecified atom stereocenters. The summed E-state index contributed by atoms with van der Waals surface area (Å²) in [4.78, 5) is 13.8. The van der Waals surface area contributed by atoms with Crippen LogP contribution in [0.2, 0.25) is 0 Å². The number of carbonyl (C=O) groups is 1. The van der Waals surface area contributed by atoms with Crippen molar-refractivity contribution in [1.29, 1.82) is 0 Å². The van der Waals surface area contributed by atoms with Gasteiger partial charge in [0.1, 0.15) is 5.82 Å². The molecule has 1 aliphatic rings. The minimum atomic E-state index is -0.458. The van der Waals surface area contributed by atoms with E-state index in [0.717, 1.165) is 11.1 Å². The molecule has 0 bridgehead atoms. The summed E-state index contributed by atoms with van der Waals surface area (Å²) < 4.78 is 40.6. The Hall–Kier alpha value is -4.27. The molecule has 0 saturated heterocycles. The largest absolute Gasteiger partial charge is 0.493 e. The number of halogens is 1. The zero-order chi connectivity index (χ0) is 25.8. The average Bonchev–Trinajstić information content (AvgIpc) is 3.37. The molecule has 9 heteroatoms. The lowest BCUT2D eigenvalue weighted by atomic mass is 9.97. The van der Waals surface area contributed by atoms with Crippen LogP contribution in [0.5, 0.6) is 28.7 Å². The highest BCUT2D eigenvalue weighted by Crippen LogP contribution is 2.41. The summed E-state index contributed by atoms with van der Waals surface area (Å²) in [5.74, 6) is 1.47. The third kappa shape index (κ3) is 4.64. The molecule has 0 saturated carbocycles. The van der Waals surface area contributed by atoms with Gasteiger partial charge in [-0.15, -0.1) is 0 Å². The lowest BCUT2D eigenvalue weighted by Crippen LogP contribution is -2.27. The van der Waals surface area contributed by atoms with E-state index >= 15 is 0 Å². The van der Waals surface area contributed by atoms with Gasteiger partial charge in [-0.1, -0.05) is 12.1 Å². The molecule has 0 aliphatic carbocycles. The molecule has 4 rings (SSSR count). The average molecular weight is 495 g/mol. The van der Waals surface area contributed by atoms with E-state index in [2.05, 4.69) is 0 Å². The molecule has 1 aliphatic heterocycles. The van der Waals surface area contributed by atoms with Gasteiger partial charge in [-0.25, -0.2) is 9.40 Å².